The van der Waals surface area contributed by atoms with E-state index in [0.717, 1.165) is 16.8 Å². The van der Waals surface area contributed by atoms with Crippen LogP contribution in [0.4, 0.5) is 5.69 Å². The maximum absolute atomic E-state index is 12.9. The van der Waals surface area contributed by atoms with Crippen LogP contribution in [0.1, 0.15) is 29.7 Å². The van der Waals surface area contributed by atoms with E-state index in [1.807, 2.05) is 36.9 Å². The molecule has 7 nitrogen and oxygen atoms in total. The number of thiocarbonyl (C=S) groups is 1. The molecule has 3 rings (SSSR count). The minimum Gasteiger partial charge on any atom is -0.493 e. The molecule has 170 valence electrons. The van der Waals surface area contributed by atoms with Crippen LogP contribution in [0.25, 0.3) is 0 Å². The van der Waals surface area contributed by atoms with Crippen molar-refractivity contribution in [1.82, 2.24) is 5.32 Å². The van der Waals surface area contributed by atoms with E-state index in [2.05, 4.69) is 12.2 Å². The molecule has 0 aromatic heterocycles. The van der Waals surface area contributed by atoms with Crippen LogP contribution in [0.3, 0.4) is 0 Å². The van der Waals surface area contributed by atoms with E-state index < -0.39 is 12.0 Å². The molecule has 1 N–H and O–H groups in total. The average Bonchev–Trinajstić information content (AvgIpc) is 2.79. The number of carbonyl (C=O) groups is 1. The van der Waals surface area contributed by atoms with Gasteiger partial charge in [0.15, 0.2) is 16.6 Å². The van der Waals surface area contributed by atoms with Gasteiger partial charge in [0, 0.05) is 11.4 Å². The summed E-state index contributed by atoms with van der Waals surface area (Å²) in [5.41, 5.74) is 5.02. The SMILES string of the molecule is COC(=O)C1=C(C)N(c2ccc(C)c(C)c2)C(=S)N[C@@H]1c1cc(OC)c(OC)c(OC)c1. The van der Waals surface area contributed by atoms with E-state index >= 15 is 0 Å². The zero-order valence-electron chi connectivity index (χ0n) is 19.4. The van der Waals surface area contributed by atoms with Gasteiger partial charge in [0.2, 0.25) is 5.75 Å². The molecule has 1 aliphatic heterocycles. The number of esters is 1. The number of ether oxygens (including phenoxy) is 4. The van der Waals surface area contributed by atoms with Crippen molar-refractivity contribution in [2.45, 2.75) is 26.8 Å². The van der Waals surface area contributed by atoms with Gasteiger partial charge in [0.25, 0.3) is 0 Å². The molecule has 0 bridgehead atoms. The van der Waals surface area contributed by atoms with Crippen molar-refractivity contribution in [3.05, 3.63) is 58.3 Å². The number of anilines is 1. The molecule has 2 aromatic rings. The van der Waals surface area contributed by atoms with E-state index in [9.17, 15) is 4.79 Å². The molecule has 1 atom stereocenters. The van der Waals surface area contributed by atoms with E-state index in [1.165, 1.54) is 12.7 Å². The molecule has 0 aliphatic carbocycles. The normalized spacial score (nSPS) is 15.9. The summed E-state index contributed by atoms with van der Waals surface area (Å²) in [4.78, 5) is 14.8. The van der Waals surface area contributed by atoms with E-state index in [1.54, 1.807) is 33.5 Å². The Labute approximate surface area is 193 Å². The van der Waals surface area contributed by atoms with Crippen molar-refractivity contribution in [3.63, 3.8) is 0 Å². The van der Waals surface area contributed by atoms with E-state index in [4.69, 9.17) is 31.2 Å². The second-order valence-corrected chi connectivity index (χ2v) is 7.82. The largest absolute Gasteiger partial charge is 0.493 e. The lowest BCUT2D eigenvalue weighted by Gasteiger charge is -2.37. The van der Waals surface area contributed by atoms with Crippen LogP contribution in [0.15, 0.2) is 41.6 Å². The monoisotopic (exact) mass is 456 g/mol. The Morgan fingerprint density at radius 2 is 1.56 bits per heavy atom. The first-order valence-corrected chi connectivity index (χ1v) is 10.4. The van der Waals surface area contributed by atoms with Gasteiger partial charge in [-0.1, -0.05) is 6.07 Å². The Bertz CT molecular complexity index is 1070. The highest BCUT2D eigenvalue weighted by atomic mass is 32.1. The number of nitrogens with zero attached hydrogens (tertiary/aromatic N) is 1. The predicted molar refractivity (Wildman–Crippen MR) is 128 cm³/mol. The Morgan fingerprint density at radius 3 is 2.06 bits per heavy atom. The van der Waals surface area contributed by atoms with Crippen molar-refractivity contribution >= 4 is 29.0 Å². The maximum Gasteiger partial charge on any atom is 0.337 e. The topological polar surface area (TPSA) is 69.3 Å². The third-order valence-electron chi connectivity index (χ3n) is 5.66. The quantitative estimate of drug-likeness (QED) is 0.512. The highest BCUT2D eigenvalue weighted by molar-refractivity contribution is 7.80. The minimum atomic E-state index is -0.563. The summed E-state index contributed by atoms with van der Waals surface area (Å²) < 4.78 is 21.5. The van der Waals surface area contributed by atoms with Crippen LogP contribution in [-0.4, -0.2) is 39.5 Å². The number of benzene rings is 2. The number of aryl methyl sites for hydroxylation is 2. The molecule has 0 radical (unpaired) electrons. The maximum atomic E-state index is 12.9. The highest BCUT2D eigenvalue weighted by Gasteiger charge is 2.36. The third kappa shape index (κ3) is 4.10. The van der Waals surface area contributed by atoms with E-state index in [0.29, 0.717) is 33.6 Å². The lowest BCUT2D eigenvalue weighted by molar-refractivity contribution is -0.136. The number of rotatable bonds is 6. The second-order valence-electron chi connectivity index (χ2n) is 7.44. The number of nitrogens with one attached hydrogen (secondary N) is 1. The van der Waals surface area contributed by atoms with Gasteiger partial charge in [0.1, 0.15) is 0 Å². The molecule has 1 aliphatic rings. The van der Waals surface area contributed by atoms with Crippen LogP contribution >= 0.6 is 12.2 Å². The first-order valence-electron chi connectivity index (χ1n) is 10.0. The molecule has 0 saturated heterocycles. The fourth-order valence-corrected chi connectivity index (χ4v) is 4.17. The lowest BCUT2D eigenvalue weighted by Crippen LogP contribution is -2.48. The fraction of sp³-hybridized carbons (Fsp3) is 0.333. The number of hydrogen-bond acceptors (Lipinski definition) is 6. The second kappa shape index (κ2) is 9.48. The molecule has 1 heterocycles. The molecule has 0 spiro atoms. The minimum absolute atomic E-state index is 0.439. The van der Waals surface area contributed by atoms with Gasteiger partial charge in [-0.25, -0.2) is 4.79 Å². The van der Waals surface area contributed by atoms with Crippen LogP contribution in [0.2, 0.25) is 0 Å². The van der Waals surface area contributed by atoms with Crippen LogP contribution in [0, 0.1) is 13.8 Å². The molecule has 0 saturated carbocycles. The zero-order valence-corrected chi connectivity index (χ0v) is 20.2. The molecular weight excluding hydrogens is 428 g/mol. The van der Waals surface area contributed by atoms with Gasteiger partial charge in [-0.15, -0.1) is 0 Å². The van der Waals surface area contributed by atoms with Crippen molar-refractivity contribution < 1.29 is 23.7 Å². The summed E-state index contributed by atoms with van der Waals surface area (Å²) in [5.74, 6) is 0.973. The first kappa shape index (κ1) is 23.4. The Morgan fingerprint density at radius 1 is 0.938 bits per heavy atom. The first-order chi connectivity index (χ1) is 15.3. The molecule has 0 amide bonds. The molecule has 0 unspecified atom stereocenters. The zero-order chi connectivity index (χ0) is 23.6. The predicted octanol–water partition coefficient (Wildman–Crippen LogP) is 4.21. The van der Waals surface area contributed by atoms with Crippen molar-refractivity contribution in [2.24, 2.45) is 0 Å². The lowest BCUT2D eigenvalue weighted by atomic mass is 9.94. The third-order valence-corrected chi connectivity index (χ3v) is 5.96. The Kier molecular flexibility index (Phi) is 6.93. The highest BCUT2D eigenvalue weighted by Crippen LogP contribution is 2.42. The van der Waals surface area contributed by atoms with Crippen LogP contribution < -0.4 is 24.4 Å². The number of hydrogen-bond donors (Lipinski definition) is 1. The van der Waals surface area contributed by atoms with Gasteiger partial charge >= 0.3 is 5.97 Å². The molecule has 8 heteroatoms. The smallest absolute Gasteiger partial charge is 0.337 e. The van der Waals surface area contributed by atoms with Crippen molar-refractivity contribution in [1.29, 1.82) is 0 Å². The Balaban J connectivity index is 2.20. The van der Waals surface area contributed by atoms with Gasteiger partial charge in [-0.3, -0.25) is 4.90 Å². The number of allylic oxidation sites excluding steroid dienone is 1. The van der Waals surface area contributed by atoms with Gasteiger partial charge in [-0.2, -0.15) is 0 Å². The van der Waals surface area contributed by atoms with Gasteiger partial charge in [-0.05, 0) is 73.9 Å². The fourth-order valence-electron chi connectivity index (χ4n) is 3.81. The summed E-state index contributed by atoms with van der Waals surface area (Å²) in [7, 11) is 6.00. The van der Waals surface area contributed by atoms with Crippen LogP contribution in [-0.2, 0) is 9.53 Å². The van der Waals surface area contributed by atoms with Gasteiger partial charge < -0.3 is 24.3 Å². The summed E-state index contributed by atoms with van der Waals surface area (Å²) in [6, 6.07) is 9.08. The van der Waals surface area contributed by atoms with Crippen LogP contribution in [0.5, 0.6) is 17.2 Å². The molecule has 2 aromatic carbocycles. The molecule has 0 fully saturated rings. The Hall–Kier alpha value is -3.26. The van der Waals surface area contributed by atoms with Crippen molar-refractivity contribution in [3.8, 4) is 17.2 Å². The number of methoxy groups -OCH3 is 4. The number of carbonyl (C=O) groups excluding carboxylic acids is 1. The summed E-state index contributed by atoms with van der Waals surface area (Å²) in [5, 5.41) is 3.77. The van der Waals surface area contributed by atoms with Gasteiger partial charge in [0.05, 0.1) is 40.1 Å². The molecule has 32 heavy (non-hydrogen) atoms. The summed E-state index contributed by atoms with van der Waals surface area (Å²) in [6.07, 6.45) is 0. The average molecular weight is 457 g/mol. The standard InChI is InChI=1S/C24H28N2O5S/c1-13-8-9-17(10-14(13)2)26-15(3)20(23(27)31-7)21(25-24(26)32)16-11-18(28-4)22(30-6)19(12-16)29-5/h8-12,21H,1-7H3,(H,25,32)/t21-/m1/s1. The van der Waals surface area contributed by atoms with Crippen molar-refractivity contribution in [2.75, 3.05) is 33.3 Å². The summed E-state index contributed by atoms with van der Waals surface area (Å²) >= 11 is 5.73. The summed E-state index contributed by atoms with van der Waals surface area (Å²) in [6.45, 7) is 5.95. The van der Waals surface area contributed by atoms with E-state index in [-0.39, 0.29) is 0 Å². The molecular formula is C24H28N2O5S.